The van der Waals surface area contributed by atoms with E-state index in [1.807, 2.05) is 24.8 Å². The van der Waals surface area contributed by atoms with Crippen LogP contribution in [0.5, 0.6) is 0 Å². The van der Waals surface area contributed by atoms with Crippen LogP contribution in [0.4, 0.5) is 0 Å². The molecule has 0 saturated heterocycles. The fourth-order valence-electron chi connectivity index (χ4n) is 8.50. The minimum Gasteiger partial charge on any atom is -0.265 e. The van der Waals surface area contributed by atoms with Crippen molar-refractivity contribution in [2.75, 3.05) is 0 Å². The summed E-state index contributed by atoms with van der Waals surface area (Å²) in [5.74, 6) is 0. The zero-order valence-electron chi connectivity index (χ0n) is 32.4. The third-order valence-electron chi connectivity index (χ3n) is 11.4. The molecule has 2 heterocycles. The number of benzene rings is 4. The van der Waals surface area contributed by atoms with E-state index >= 15 is 0 Å². The van der Waals surface area contributed by atoms with Crippen molar-refractivity contribution in [3.63, 3.8) is 0 Å². The monoisotopic (exact) mass is 706 g/mol. The summed E-state index contributed by atoms with van der Waals surface area (Å²) >= 11 is 0. The molecule has 54 heavy (non-hydrogen) atoms. The average molecular weight is 707 g/mol. The van der Waals surface area contributed by atoms with Gasteiger partial charge in [-0.1, -0.05) is 156 Å². The summed E-state index contributed by atoms with van der Waals surface area (Å²) in [5.41, 5.74) is 16.9. The van der Waals surface area contributed by atoms with Crippen molar-refractivity contribution in [1.29, 1.82) is 0 Å². The molecule has 0 bridgehead atoms. The first-order valence-electron chi connectivity index (χ1n) is 20.3. The molecule has 2 heteroatoms. The lowest BCUT2D eigenvalue weighted by Gasteiger charge is -2.33. The zero-order valence-corrected chi connectivity index (χ0v) is 32.4. The molecule has 0 spiro atoms. The van der Waals surface area contributed by atoms with Crippen LogP contribution in [-0.4, -0.2) is 9.97 Å². The maximum Gasteiger partial charge on any atom is 0.0273 e. The molecule has 2 aromatic heterocycles. The van der Waals surface area contributed by atoms with Gasteiger partial charge in [0.2, 0.25) is 0 Å². The van der Waals surface area contributed by atoms with Gasteiger partial charge in [0.25, 0.3) is 0 Å². The molecule has 0 fully saturated rings. The normalized spacial score (nSPS) is 13.1. The second kappa shape index (κ2) is 17.7. The van der Waals surface area contributed by atoms with Gasteiger partial charge in [0.05, 0.1) is 0 Å². The summed E-state index contributed by atoms with van der Waals surface area (Å²) in [7, 11) is 0. The van der Waals surface area contributed by atoms with Crippen LogP contribution in [0.1, 0.15) is 117 Å². The van der Waals surface area contributed by atoms with Crippen LogP contribution in [-0.2, 0) is 5.41 Å². The van der Waals surface area contributed by atoms with Crippen LogP contribution in [0.25, 0.3) is 57.7 Å². The molecule has 0 radical (unpaired) electrons. The Kier molecular flexibility index (Phi) is 12.1. The van der Waals surface area contributed by atoms with E-state index in [2.05, 4.69) is 158 Å². The fourth-order valence-corrected chi connectivity index (χ4v) is 8.50. The van der Waals surface area contributed by atoms with Crippen molar-refractivity contribution in [3.8, 4) is 33.4 Å². The van der Waals surface area contributed by atoms with E-state index in [4.69, 9.17) is 0 Å². The van der Waals surface area contributed by atoms with Gasteiger partial charge < -0.3 is 0 Å². The standard InChI is InChI=1S/C52H54N2/c1-4-6-8-13-29-52(30-14-9-7-5-2)50-35-39(3)17-23-46(50)47-24-22-45(38-51(47)52)49-37-43(20-18-40-25-31-53-32-26-40)48(42-15-11-10-12-16-42)36-44(49)21-19-41-27-33-54-34-28-41/h10-12,15-28,31-38H,4-9,13-14,29-30H2,1-3H3/b20-18+,21-19+. The van der Waals surface area contributed by atoms with Gasteiger partial charge in [0.1, 0.15) is 0 Å². The van der Waals surface area contributed by atoms with Crippen LogP contribution in [0, 0.1) is 6.92 Å². The minimum absolute atomic E-state index is 0.0231. The van der Waals surface area contributed by atoms with Crippen molar-refractivity contribution in [1.82, 2.24) is 9.97 Å². The second-order valence-electron chi connectivity index (χ2n) is 15.1. The quantitative estimate of drug-likeness (QED) is 0.0937. The first-order valence-corrected chi connectivity index (χ1v) is 20.3. The third-order valence-corrected chi connectivity index (χ3v) is 11.4. The summed E-state index contributed by atoms with van der Waals surface area (Å²) in [6.07, 6.45) is 29.1. The number of hydrogen-bond acceptors (Lipinski definition) is 2. The van der Waals surface area contributed by atoms with Crippen LogP contribution >= 0.6 is 0 Å². The Balaban J connectivity index is 1.42. The van der Waals surface area contributed by atoms with E-state index in [9.17, 15) is 0 Å². The summed E-state index contributed by atoms with van der Waals surface area (Å²) in [4.78, 5) is 8.51. The molecule has 0 aliphatic heterocycles. The van der Waals surface area contributed by atoms with Gasteiger partial charge >= 0.3 is 0 Å². The molecule has 1 aliphatic rings. The number of aromatic nitrogens is 2. The number of nitrogens with zero attached hydrogens (tertiary/aromatic N) is 2. The summed E-state index contributed by atoms with van der Waals surface area (Å²) in [5, 5.41) is 0. The lowest BCUT2D eigenvalue weighted by atomic mass is 9.70. The average Bonchev–Trinajstić information content (AvgIpc) is 3.48. The highest BCUT2D eigenvalue weighted by atomic mass is 14.6. The Hall–Kier alpha value is -5.34. The van der Waals surface area contributed by atoms with Crippen molar-refractivity contribution in [2.45, 2.75) is 90.4 Å². The third kappa shape index (κ3) is 8.24. The molecule has 0 N–H and O–H groups in total. The van der Waals surface area contributed by atoms with E-state index in [0.717, 1.165) is 11.1 Å². The van der Waals surface area contributed by atoms with Gasteiger partial charge in [0.15, 0.2) is 0 Å². The maximum absolute atomic E-state index is 4.26. The van der Waals surface area contributed by atoms with Gasteiger partial charge in [-0.15, -0.1) is 0 Å². The zero-order chi connectivity index (χ0) is 37.2. The molecule has 1 aliphatic carbocycles. The predicted molar refractivity (Wildman–Crippen MR) is 232 cm³/mol. The van der Waals surface area contributed by atoms with Gasteiger partial charge in [-0.2, -0.15) is 0 Å². The molecule has 0 unspecified atom stereocenters. The van der Waals surface area contributed by atoms with E-state index in [0.29, 0.717) is 0 Å². The number of rotatable bonds is 16. The molecular weight excluding hydrogens is 653 g/mol. The maximum atomic E-state index is 4.26. The predicted octanol–water partition coefficient (Wildman–Crippen LogP) is 14.7. The number of aryl methyl sites for hydroxylation is 1. The van der Waals surface area contributed by atoms with Crippen molar-refractivity contribution in [2.24, 2.45) is 0 Å². The lowest BCUT2D eigenvalue weighted by Crippen LogP contribution is -2.25. The van der Waals surface area contributed by atoms with E-state index in [1.54, 1.807) is 5.56 Å². The number of fused-ring (bicyclic) bond motifs is 3. The summed E-state index contributed by atoms with van der Waals surface area (Å²) in [6.45, 7) is 6.91. The fraction of sp³-hybridized carbons (Fsp3) is 0.269. The van der Waals surface area contributed by atoms with Crippen molar-refractivity contribution >= 4 is 24.3 Å². The van der Waals surface area contributed by atoms with Crippen molar-refractivity contribution < 1.29 is 0 Å². The van der Waals surface area contributed by atoms with Gasteiger partial charge in [-0.05, 0) is 129 Å². The van der Waals surface area contributed by atoms with Crippen LogP contribution in [0.2, 0.25) is 0 Å². The number of hydrogen-bond donors (Lipinski definition) is 0. The summed E-state index contributed by atoms with van der Waals surface area (Å²) < 4.78 is 0. The van der Waals surface area contributed by atoms with Gasteiger partial charge in [-0.3, -0.25) is 9.97 Å². The molecule has 6 aromatic rings. The molecule has 0 amide bonds. The minimum atomic E-state index is 0.0231. The van der Waals surface area contributed by atoms with E-state index < -0.39 is 0 Å². The number of unbranched alkanes of at least 4 members (excludes halogenated alkanes) is 6. The van der Waals surface area contributed by atoms with E-state index in [1.165, 1.54) is 120 Å². The van der Waals surface area contributed by atoms with Crippen LogP contribution in [0.3, 0.4) is 0 Å². The number of pyridine rings is 2. The van der Waals surface area contributed by atoms with E-state index in [-0.39, 0.29) is 5.41 Å². The SMILES string of the molecule is CCCCCCC1(CCCCCC)c2cc(C)ccc2-c2ccc(-c3cc(/C=C/c4ccncc4)c(-c4ccccc4)cc3/C=C/c3ccncc3)cc21. The largest absolute Gasteiger partial charge is 0.265 e. The first-order chi connectivity index (χ1) is 26.6. The lowest BCUT2D eigenvalue weighted by molar-refractivity contribution is 0.401. The first kappa shape index (κ1) is 37.0. The highest BCUT2D eigenvalue weighted by Crippen LogP contribution is 2.55. The molecule has 0 saturated carbocycles. The smallest absolute Gasteiger partial charge is 0.0273 e. The van der Waals surface area contributed by atoms with Crippen LogP contribution < -0.4 is 0 Å². The summed E-state index contributed by atoms with van der Waals surface area (Å²) in [6, 6.07) is 38.5. The van der Waals surface area contributed by atoms with Crippen LogP contribution in [0.15, 0.2) is 128 Å². The molecule has 7 rings (SSSR count). The van der Waals surface area contributed by atoms with Crippen molar-refractivity contribution in [3.05, 3.63) is 167 Å². The highest BCUT2D eigenvalue weighted by Gasteiger charge is 2.42. The Morgan fingerprint density at radius 1 is 0.463 bits per heavy atom. The molecule has 0 atom stereocenters. The van der Waals surface area contributed by atoms with Gasteiger partial charge in [-0.25, -0.2) is 0 Å². The topological polar surface area (TPSA) is 25.8 Å². The Morgan fingerprint density at radius 3 is 1.54 bits per heavy atom. The highest BCUT2D eigenvalue weighted by molar-refractivity contribution is 5.92. The molecule has 4 aromatic carbocycles. The Bertz CT molecular complexity index is 2180. The Morgan fingerprint density at radius 2 is 0.981 bits per heavy atom. The molecule has 2 nitrogen and oxygen atoms in total. The molecular formula is C52H54N2. The Labute approximate surface area is 323 Å². The molecule has 272 valence electrons. The second-order valence-corrected chi connectivity index (χ2v) is 15.1. The van der Waals surface area contributed by atoms with Gasteiger partial charge in [0, 0.05) is 30.2 Å².